The number of hydrogen-bond donors (Lipinski definition) is 2. The number of sulfonamides is 1. The third kappa shape index (κ3) is 2.87. The Morgan fingerprint density at radius 2 is 2.11 bits per heavy atom. The van der Waals surface area contributed by atoms with Gasteiger partial charge in [0.15, 0.2) is 0 Å². The zero-order chi connectivity index (χ0) is 14.0. The van der Waals surface area contributed by atoms with Gasteiger partial charge < -0.3 is 5.73 Å². The van der Waals surface area contributed by atoms with Crippen LogP contribution in [0.25, 0.3) is 10.8 Å². The molecule has 0 radical (unpaired) electrons. The summed E-state index contributed by atoms with van der Waals surface area (Å²) in [5.41, 5.74) is 5.44. The fourth-order valence-electron chi connectivity index (χ4n) is 1.75. The summed E-state index contributed by atoms with van der Waals surface area (Å²) in [6.07, 6.45) is 1.48. The highest BCUT2D eigenvalue weighted by atomic mass is 35.5. The number of rotatable bonds is 4. The zero-order valence-electron chi connectivity index (χ0n) is 10.3. The molecule has 2 aromatic rings. The average molecular weight is 300 g/mol. The van der Waals surface area contributed by atoms with Crippen LogP contribution in [0.15, 0.2) is 35.4 Å². The first-order valence-corrected chi connectivity index (χ1v) is 7.57. The molecule has 0 saturated carbocycles. The number of fused-ring (bicyclic) bond motifs is 1. The molecule has 0 bridgehead atoms. The van der Waals surface area contributed by atoms with E-state index >= 15 is 0 Å². The predicted octanol–water partition coefficient (Wildman–Crippen LogP) is 1.51. The van der Waals surface area contributed by atoms with Crippen LogP contribution in [0.4, 0.5) is 0 Å². The van der Waals surface area contributed by atoms with E-state index < -0.39 is 10.0 Å². The van der Waals surface area contributed by atoms with Gasteiger partial charge >= 0.3 is 0 Å². The second kappa shape index (κ2) is 5.42. The summed E-state index contributed by atoms with van der Waals surface area (Å²) >= 11 is 5.97. The van der Waals surface area contributed by atoms with E-state index in [1.165, 1.54) is 12.3 Å². The van der Waals surface area contributed by atoms with Crippen LogP contribution in [-0.4, -0.2) is 26.0 Å². The van der Waals surface area contributed by atoms with Gasteiger partial charge in [-0.05, 0) is 19.1 Å². The van der Waals surface area contributed by atoms with E-state index in [1.807, 2.05) is 0 Å². The van der Waals surface area contributed by atoms with E-state index in [2.05, 4.69) is 9.71 Å². The fraction of sp³-hybridized carbons (Fsp3) is 0.250. The van der Waals surface area contributed by atoms with Crippen LogP contribution in [0.2, 0.25) is 5.15 Å². The van der Waals surface area contributed by atoms with Crippen molar-refractivity contribution in [2.75, 3.05) is 6.54 Å². The highest BCUT2D eigenvalue weighted by Gasteiger charge is 2.19. The summed E-state index contributed by atoms with van der Waals surface area (Å²) in [6, 6.07) is 6.19. The number of nitrogens with one attached hydrogen (secondary N) is 1. The lowest BCUT2D eigenvalue weighted by Gasteiger charge is -2.13. The minimum absolute atomic E-state index is 0.176. The van der Waals surface area contributed by atoms with Crippen molar-refractivity contribution in [2.45, 2.75) is 17.9 Å². The number of hydrogen-bond acceptors (Lipinski definition) is 4. The molecule has 2 rings (SSSR count). The van der Waals surface area contributed by atoms with Crippen LogP contribution in [0.1, 0.15) is 6.92 Å². The first kappa shape index (κ1) is 14.2. The van der Waals surface area contributed by atoms with Gasteiger partial charge in [-0.25, -0.2) is 18.1 Å². The van der Waals surface area contributed by atoms with Gasteiger partial charge in [-0.1, -0.05) is 23.7 Å². The molecule has 0 aliphatic carbocycles. The summed E-state index contributed by atoms with van der Waals surface area (Å²) < 4.78 is 27.1. The van der Waals surface area contributed by atoms with Crippen molar-refractivity contribution in [2.24, 2.45) is 5.73 Å². The van der Waals surface area contributed by atoms with E-state index in [0.717, 1.165) is 0 Å². The Kier molecular flexibility index (Phi) is 4.05. The number of aromatic nitrogens is 1. The van der Waals surface area contributed by atoms with E-state index in [1.54, 1.807) is 25.1 Å². The van der Waals surface area contributed by atoms with Gasteiger partial charge in [-0.3, -0.25) is 0 Å². The number of nitrogens with zero attached hydrogens (tertiary/aromatic N) is 1. The summed E-state index contributed by atoms with van der Waals surface area (Å²) in [5.74, 6) is 0. The minimum Gasteiger partial charge on any atom is -0.329 e. The summed E-state index contributed by atoms with van der Waals surface area (Å²) in [5, 5.41) is 1.42. The number of pyridine rings is 1. The molecule has 0 amide bonds. The van der Waals surface area contributed by atoms with E-state index in [9.17, 15) is 8.42 Å². The SMILES string of the molecule is CC(CN)NS(=O)(=O)c1cccc2c(Cl)nccc12. The van der Waals surface area contributed by atoms with Crippen LogP contribution in [0, 0.1) is 0 Å². The largest absolute Gasteiger partial charge is 0.329 e. The number of nitrogens with two attached hydrogens (primary N) is 1. The minimum atomic E-state index is -3.63. The average Bonchev–Trinajstić information content (AvgIpc) is 2.38. The van der Waals surface area contributed by atoms with Crippen LogP contribution in [0.5, 0.6) is 0 Å². The molecule has 0 saturated heterocycles. The molecule has 1 heterocycles. The molecule has 0 fully saturated rings. The maximum Gasteiger partial charge on any atom is 0.241 e. The van der Waals surface area contributed by atoms with Crippen LogP contribution >= 0.6 is 11.6 Å². The summed E-state index contributed by atoms with van der Waals surface area (Å²) in [4.78, 5) is 4.11. The molecule has 19 heavy (non-hydrogen) atoms. The standard InChI is InChI=1S/C12H14ClN3O2S/c1-8(7-14)16-19(17,18)11-4-2-3-10-9(11)5-6-15-12(10)13/h2-6,8,16H,7,14H2,1H3. The molecular weight excluding hydrogens is 286 g/mol. The van der Waals surface area contributed by atoms with Gasteiger partial charge in [0.2, 0.25) is 10.0 Å². The molecule has 0 aliphatic rings. The second-order valence-electron chi connectivity index (χ2n) is 4.21. The van der Waals surface area contributed by atoms with Crippen molar-refractivity contribution in [3.63, 3.8) is 0 Å². The Balaban J connectivity index is 2.60. The number of halogens is 1. The number of benzene rings is 1. The monoisotopic (exact) mass is 299 g/mol. The van der Waals surface area contributed by atoms with Crippen molar-refractivity contribution in [1.29, 1.82) is 0 Å². The molecule has 1 unspecified atom stereocenters. The van der Waals surface area contributed by atoms with Crippen molar-refractivity contribution in [1.82, 2.24) is 9.71 Å². The Morgan fingerprint density at radius 3 is 2.79 bits per heavy atom. The summed E-state index contributed by atoms with van der Waals surface area (Å²) in [6.45, 7) is 1.93. The lowest BCUT2D eigenvalue weighted by atomic mass is 10.2. The zero-order valence-corrected chi connectivity index (χ0v) is 11.9. The third-order valence-electron chi connectivity index (χ3n) is 2.72. The van der Waals surface area contributed by atoms with Gasteiger partial charge in [0.05, 0.1) is 4.90 Å². The molecule has 0 aliphatic heterocycles. The lowest BCUT2D eigenvalue weighted by Crippen LogP contribution is -2.37. The highest BCUT2D eigenvalue weighted by Crippen LogP contribution is 2.26. The first-order valence-electron chi connectivity index (χ1n) is 5.71. The quantitative estimate of drug-likeness (QED) is 0.838. The Bertz CT molecular complexity index is 703. The van der Waals surface area contributed by atoms with Gasteiger partial charge in [0.25, 0.3) is 0 Å². The Labute approximate surface area is 116 Å². The lowest BCUT2D eigenvalue weighted by molar-refractivity contribution is 0.563. The van der Waals surface area contributed by atoms with E-state index in [-0.39, 0.29) is 22.6 Å². The normalized spacial score (nSPS) is 13.6. The van der Waals surface area contributed by atoms with Crippen LogP contribution in [-0.2, 0) is 10.0 Å². The smallest absolute Gasteiger partial charge is 0.241 e. The van der Waals surface area contributed by atoms with Gasteiger partial charge in [-0.2, -0.15) is 0 Å². The second-order valence-corrected chi connectivity index (χ2v) is 6.25. The van der Waals surface area contributed by atoms with Crippen LogP contribution in [0.3, 0.4) is 0 Å². The van der Waals surface area contributed by atoms with Crippen molar-refractivity contribution < 1.29 is 8.42 Å². The summed E-state index contributed by atoms with van der Waals surface area (Å²) in [7, 11) is -3.63. The van der Waals surface area contributed by atoms with Gasteiger partial charge in [-0.15, -0.1) is 0 Å². The molecular formula is C12H14ClN3O2S. The van der Waals surface area contributed by atoms with Crippen molar-refractivity contribution in [3.05, 3.63) is 35.6 Å². The highest BCUT2D eigenvalue weighted by molar-refractivity contribution is 7.89. The van der Waals surface area contributed by atoms with Crippen LogP contribution < -0.4 is 10.5 Å². The molecule has 3 N–H and O–H groups in total. The molecule has 1 atom stereocenters. The maximum atomic E-state index is 12.3. The molecule has 1 aromatic carbocycles. The van der Waals surface area contributed by atoms with Crippen molar-refractivity contribution in [3.8, 4) is 0 Å². The molecule has 102 valence electrons. The van der Waals surface area contributed by atoms with E-state index in [4.69, 9.17) is 17.3 Å². The fourth-order valence-corrected chi connectivity index (χ4v) is 3.45. The predicted molar refractivity (Wildman–Crippen MR) is 75.6 cm³/mol. The molecule has 0 spiro atoms. The van der Waals surface area contributed by atoms with E-state index in [0.29, 0.717) is 10.8 Å². The maximum absolute atomic E-state index is 12.3. The third-order valence-corrected chi connectivity index (χ3v) is 4.67. The first-order chi connectivity index (χ1) is 8.95. The molecule has 1 aromatic heterocycles. The Morgan fingerprint density at radius 1 is 1.37 bits per heavy atom. The molecule has 7 heteroatoms. The molecule has 5 nitrogen and oxygen atoms in total. The topological polar surface area (TPSA) is 85.1 Å². The van der Waals surface area contributed by atoms with Gasteiger partial charge in [0, 0.05) is 29.6 Å². The Hall–Kier alpha value is -1.21. The van der Waals surface area contributed by atoms with Crippen molar-refractivity contribution >= 4 is 32.4 Å². The van der Waals surface area contributed by atoms with Gasteiger partial charge in [0.1, 0.15) is 5.15 Å².